The van der Waals surface area contributed by atoms with Crippen molar-refractivity contribution in [1.29, 1.82) is 0 Å². The van der Waals surface area contributed by atoms with Crippen LogP contribution in [0.25, 0.3) is 0 Å². The van der Waals surface area contributed by atoms with E-state index >= 15 is 0 Å². The molecule has 0 saturated heterocycles. The first-order valence-electron chi connectivity index (χ1n) is 12.6. The minimum atomic E-state index is -1.50. The quantitative estimate of drug-likeness (QED) is 0.175. The zero-order valence-electron chi connectivity index (χ0n) is 22.0. The maximum Gasteiger partial charge on any atom is 0.136 e. The summed E-state index contributed by atoms with van der Waals surface area (Å²) in [6, 6.07) is 4.14. The Morgan fingerprint density at radius 3 is 1.28 bits per heavy atom. The Hall–Kier alpha value is -1.63. The van der Waals surface area contributed by atoms with E-state index in [1.165, 1.54) is 38.5 Å². The first-order valence-corrected chi connectivity index (χ1v) is 19.6. The van der Waals surface area contributed by atoms with E-state index in [-0.39, 0.29) is 0 Å². The van der Waals surface area contributed by atoms with Crippen molar-refractivity contribution >= 4 is 16.1 Å². The molecule has 0 aliphatic carbocycles. The van der Waals surface area contributed by atoms with Crippen molar-refractivity contribution in [3.63, 3.8) is 0 Å². The Bertz CT molecular complexity index is 739. The maximum absolute atomic E-state index is 6.24. The minimum absolute atomic E-state index is 0.722. The molecule has 0 unspecified atom stereocenters. The molecule has 2 nitrogen and oxygen atoms in total. The average molecular weight is 471 g/mol. The van der Waals surface area contributed by atoms with E-state index < -0.39 is 16.1 Å². The molecule has 0 aliphatic rings. The molecule has 178 valence electrons. The monoisotopic (exact) mass is 470 g/mol. The molecule has 1 aromatic carbocycles. The van der Waals surface area contributed by atoms with Crippen LogP contribution in [0.15, 0.2) is 12.1 Å². The van der Waals surface area contributed by atoms with Gasteiger partial charge in [0.1, 0.15) is 27.6 Å². The highest BCUT2D eigenvalue weighted by atomic mass is 28.3. The van der Waals surface area contributed by atoms with Gasteiger partial charge in [0.2, 0.25) is 0 Å². The Morgan fingerprint density at radius 1 is 0.594 bits per heavy atom. The predicted molar refractivity (Wildman–Crippen MR) is 146 cm³/mol. The number of benzene rings is 1. The SMILES string of the molecule is CCCCCCOc1cc(C#C[Si](C)(C)C)c(OCCCCCC)cc1C#C[Si](C)(C)C. The summed E-state index contributed by atoms with van der Waals surface area (Å²) in [6.45, 7) is 19.5. The highest BCUT2D eigenvalue weighted by Gasteiger charge is 2.14. The molecule has 0 aliphatic heterocycles. The second kappa shape index (κ2) is 14.5. The second-order valence-corrected chi connectivity index (χ2v) is 20.2. The van der Waals surface area contributed by atoms with Crippen molar-refractivity contribution in [1.82, 2.24) is 0 Å². The van der Waals surface area contributed by atoms with Crippen molar-refractivity contribution in [3.8, 4) is 34.4 Å². The first-order chi connectivity index (χ1) is 15.1. The number of ether oxygens (including phenoxy) is 2. The molecular formula is C28H46O2Si2. The normalized spacial score (nSPS) is 11.2. The van der Waals surface area contributed by atoms with Gasteiger partial charge in [-0.2, -0.15) is 0 Å². The molecule has 0 heterocycles. The van der Waals surface area contributed by atoms with E-state index in [2.05, 4.69) is 88.2 Å². The molecule has 0 atom stereocenters. The van der Waals surface area contributed by atoms with Crippen LogP contribution in [0.2, 0.25) is 39.3 Å². The molecule has 4 heteroatoms. The lowest BCUT2D eigenvalue weighted by Gasteiger charge is -2.14. The number of rotatable bonds is 12. The van der Waals surface area contributed by atoms with Gasteiger partial charge >= 0.3 is 0 Å². The van der Waals surface area contributed by atoms with E-state index in [9.17, 15) is 0 Å². The van der Waals surface area contributed by atoms with Crippen LogP contribution in [-0.2, 0) is 0 Å². The molecule has 0 bridgehead atoms. The predicted octanol–water partition coefficient (Wildman–Crippen LogP) is 8.06. The third-order valence-corrected chi connectivity index (χ3v) is 6.49. The van der Waals surface area contributed by atoms with E-state index in [1.54, 1.807) is 0 Å². The molecule has 0 N–H and O–H groups in total. The van der Waals surface area contributed by atoms with Gasteiger partial charge < -0.3 is 9.47 Å². The van der Waals surface area contributed by atoms with Crippen molar-refractivity contribution in [2.75, 3.05) is 13.2 Å². The van der Waals surface area contributed by atoms with Crippen LogP contribution < -0.4 is 9.47 Å². The Morgan fingerprint density at radius 2 is 0.969 bits per heavy atom. The lowest BCUT2D eigenvalue weighted by Crippen LogP contribution is -2.16. The minimum Gasteiger partial charge on any atom is -0.492 e. The van der Waals surface area contributed by atoms with Crippen molar-refractivity contribution in [3.05, 3.63) is 23.3 Å². The molecule has 0 spiro atoms. The molecule has 32 heavy (non-hydrogen) atoms. The van der Waals surface area contributed by atoms with E-state index in [1.807, 2.05) is 0 Å². The van der Waals surface area contributed by atoms with Gasteiger partial charge in [0.05, 0.1) is 24.3 Å². The Balaban J connectivity index is 3.26. The topological polar surface area (TPSA) is 18.5 Å². The van der Waals surface area contributed by atoms with Crippen LogP contribution in [0, 0.1) is 22.9 Å². The van der Waals surface area contributed by atoms with Gasteiger partial charge in [-0.1, -0.05) is 103 Å². The van der Waals surface area contributed by atoms with Crippen LogP contribution in [0.4, 0.5) is 0 Å². The van der Waals surface area contributed by atoms with Crippen LogP contribution in [0.3, 0.4) is 0 Å². The van der Waals surface area contributed by atoms with Crippen molar-refractivity contribution < 1.29 is 9.47 Å². The third-order valence-electron chi connectivity index (χ3n) is 4.74. The molecule has 1 aromatic rings. The van der Waals surface area contributed by atoms with Gasteiger partial charge in [-0.15, -0.1) is 11.1 Å². The van der Waals surface area contributed by atoms with Crippen LogP contribution in [0.1, 0.15) is 76.3 Å². The van der Waals surface area contributed by atoms with Crippen LogP contribution in [-0.4, -0.2) is 29.4 Å². The standard InChI is InChI=1S/C28H46O2Si2/c1-9-11-13-15-19-29-27-23-26(18-22-32(6,7)8)28(30-20-16-14-12-10-2)24-25(27)17-21-31(3,4)5/h23-24H,9-16,19-20H2,1-8H3. The summed E-state index contributed by atoms with van der Waals surface area (Å²) in [5, 5.41) is 0. The summed E-state index contributed by atoms with van der Waals surface area (Å²) in [5.74, 6) is 8.55. The Kier molecular flexibility index (Phi) is 12.9. The smallest absolute Gasteiger partial charge is 0.136 e. The van der Waals surface area contributed by atoms with E-state index in [0.717, 1.165) is 48.7 Å². The molecular weight excluding hydrogens is 424 g/mol. The second-order valence-electron chi connectivity index (χ2n) is 10.7. The van der Waals surface area contributed by atoms with Crippen molar-refractivity contribution in [2.24, 2.45) is 0 Å². The molecule has 0 amide bonds. The molecule has 0 saturated carbocycles. The van der Waals surface area contributed by atoms with Gasteiger partial charge in [0.15, 0.2) is 0 Å². The van der Waals surface area contributed by atoms with Crippen LogP contribution in [0.5, 0.6) is 11.5 Å². The zero-order chi connectivity index (χ0) is 24.0. The summed E-state index contributed by atoms with van der Waals surface area (Å²) >= 11 is 0. The number of unbranched alkanes of at least 4 members (excludes halogenated alkanes) is 6. The van der Waals surface area contributed by atoms with Gasteiger partial charge in [-0.05, 0) is 12.8 Å². The Labute approximate surface area is 200 Å². The highest BCUT2D eigenvalue weighted by molar-refractivity contribution is 6.84. The molecule has 0 fully saturated rings. The van der Waals surface area contributed by atoms with E-state index in [0.29, 0.717) is 0 Å². The fourth-order valence-corrected chi connectivity index (χ4v) is 3.95. The molecule has 1 rings (SSSR count). The average Bonchev–Trinajstić information content (AvgIpc) is 2.70. The summed E-state index contributed by atoms with van der Waals surface area (Å²) < 4.78 is 12.5. The number of hydrogen-bond acceptors (Lipinski definition) is 2. The summed E-state index contributed by atoms with van der Waals surface area (Å²) in [5.41, 5.74) is 8.87. The molecule has 0 aromatic heterocycles. The third kappa shape index (κ3) is 13.0. The molecule has 0 radical (unpaired) electrons. The van der Waals surface area contributed by atoms with Gasteiger partial charge in [0.25, 0.3) is 0 Å². The summed E-state index contributed by atoms with van der Waals surface area (Å²) in [6.07, 6.45) is 9.51. The largest absolute Gasteiger partial charge is 0.492 e. The zero-order valence-corrected chi connectivity index (χ0v) is 24.0. The number of hydrogen-bond donors (Lipinski definition) is 0. The van der Waals surface area contributed by atoms with Gasteiger partial charge in [-0.25, -0.2) is 0 Å². The fourth-order valence-electron chi connectivity index (χ4n) is 2.93. The summed E-state index contributed by atoms with van der Waals surface area (Å²) in [4.78, 5) is 0. The van der Waals surface area contributed by atoms with Gasteiger partial charge in [0, 0.05) is 12.1 Å². The van der Waals surface area contributed by atoms with Crippen LogP contribution >= 0.6 is 0 Å². The highest BCUT2D eigenvalue weighted by Crippen LogP contribution is 2.29. The lowest BCUT2D eigenvalue weighted by atomic mass is 10.1. The van der Waals surface area contributed by atoms with Gasteiger partial charge in [-0.3, -0.25) is 0 Å². The lowest BCUT2D eigenvalue weighted by molar-refractivity contribution is 0.295. The fraction of sp³-hybridized carbons (Fsp3) is 0.643. The summed E-state index contributed by atoms with van der Waals surface area (Å²) in [7, 11) is -3.01. The first kappa shape index (κ1) is 28.4. The van der Waals surface area contributed by atoms with E-state index in [4.69, 9.17) is 9.47 Å². The maximum atomic E-state index is 6.24. The van der Waals surface area contributed by atoms with Crippen molar-refractivity contribution in [2.45, 2.75) is 104 Å².